The third-order valence-corrected chi connectivity index (χ3v) is 3.67. The zero-order valence-electron chi connectivity index (χ0n) is 11.3. The molecule has 2 rings (SSSR count). The Balaban J connectivity index is 2.13. The van der Waals surface area contributed by atoms with Gasteiger partial charge in [0, 0.05) is 24.9 Å². The minimum Gasteiger partial charge on any atom is -0.377 e. The van der Waals surface area contributed by atoms with Gasteiger partial charge in [0.05, 0.1) is 12.0 Å². The second-order valence-corrected chi connectivity index (χ2v) is 4.84. The van der Waals surface area contributed by atoms with E-state index >= 15 is 0 Å². The van der Waals surface area contributed by atoms with Gasteiger partial charge in [0.1, 0.15) is 0 Å². The second-order valence-electron chi connectivity index (χ2n) is 4.84. The molecule has 1 fully saturated rings. The van der Waals surface area contributed by atoms with E-state index < -0.39 is 0 Å². The Bertz CT molecular complexity index is 455. The number of Topliss-reactive ketones (excluding diaryl/α,β-unsaturated/α-hetero) is 1. The Kier molecular flexibility index (Phi) is 4.32. The van der Waals surface area contributed by atoms with Crippen molar-refractivity contribution in [2.75, 3.05) is 18.6 Å². The van der Waals surface area contributed by atoms with Crippen LogP contribution in [0.25, 0.3) is 0 Å². The number of ether oxygens (including phenoxy) is 1. The average molecular weight is 261 g/mol. The molecule has 0 spiro atoms. The SMILES string of the molecule is CCC1OCCC1C(=O)c1ccc(N(C)C=O)cc1. The van der Waals surface area contributed by atoms with Gasteiger partial charge < -0.3 is 9.64 Å². The first-order valence-electron chi connectivity index (χ1n) is 6.61. The van der Waals surface area contributed by atoms with Crippen molar-refractivity contribution in [1.29, 1.82) is 0 Å². The minimum absolute atomic E-state index is 0.0281. The molecule has 0 saturated carbocycles. The smallest absolute Gasteiger partial charge is 0.213 e. The Labute approximate surface area is 113 Å². The number of anilines is 1. The molecule has 0 aliphatic carbocycles. The van der Waals surface area contributed by atoms with Gasteiger partial charge in [0.2, 0.25) is 6.41 Å². The number of carbonyl (C=O) groups excluding carboxylic acids is 2. The molecule has 4 heteroatoms. The molecule has 2 atom stereocenters. The molecule has 0 radical (unpaired) electrons. The summed E-state index contributed by atoms with van der Waals surface area (Å²) in [4.78, 5) is 24.5. The number of carbonyl (C=O) groups is 2. The van der Waals surface area contributed by atoms with Crippen LogP contribution in [-0.2, 0) is 9.53 Å². The lowest BCUT2D eigenvalue weighted by atomic mass is 9.90. The van der Waals surface area contributed by atoms with Crippen molar-refractivity contribution in [1.82, 2.24) is 0 Å². The molecule has 2 unspecified atom stereocenters. The molecule has 1 aliphatic rings. The van der Waals surface area contributed by atoms with Crippen LogP contribution in [0.5, 0.6) is 0 Å². The summed E-state index contributed by atoms with van der Waals surface area (Å²) in [5, 5.41) is 0. The molecule has 19 heavy (non-hydrogen) atoms. The maximum Gasteiger partial charge on any atom is 0.213 e. The summed E-state index contributed by atoms with van der Waals surface area (Å²) in [6, 6.07) is 7.14. The molecule has 102 valence electrons. The third-order valence-electron chi connectivity index (χ3n) is 3.67. The zero-order chi connectivity index (χ0) is 13.8. The lowest BCUT2D eigenvalue weighted by Gasteiger charge is -2.16. The highest BCUT2D eigenvalue weighted by atomic mass is 16.5. The summed E-state index contributed by atoms with van der Waals surface area (Å²) in [5.74, 6) is 0.115. The van der Waals surface area contributed by atoms with E-state index in [0.29, 0.717) is 12.2 Å². The van der Waals surface area contributed by atoms with Crippen LogP contribution in [0.2, 0.25) is 0 Å². The Morgan fingerprint density at radius 2 is 2.11 bits per heavy atom. The van der Waals surface area contributed by atoms with Crippen LogP contribution in [0.4, 0.5) is 5.69 Å². The molecule has 1 heterocycles. The lowest BCUT2D eigenvalue weighted by Crippen LogP contribution is -2.23. The standard InChI is InChI=1S/C15H19NO3/c1-3-14-13(8-9-19-14)15(18)11-4-6-12(7-5-11)16(2)10-17/h4-7,10,13-14H,3,8-9H2,1-2H3. The molecule has 1 aromatic carbocycles. The number of benzene rings is 1. The van der Waals surface area contributed by atoms with Gasteiger partial charge in [0.15, 0.2) is 5.78 Å². The van der Waals surface area contributed by atoms with Gasteiger partial charge in [-0.2, -0.15) is 0 Å². The van der Waals surface area contributed by atoms with Crippen molar-refractivity contribution in [2.24, 2.45) is 5.92 Å². The van der Waals surface area contributed by atoms with Crippen molar-refractivity contribution in [3.05, 3.63) is 29.8 Å². The van der Waals surface area contributed by atoms with Crippen molar-refractivity contribution in [2.45, 2.75) is 25.9 Å². The van der Waals surface area contributed by atoms with E-state index in [9.17, 15) is 9.59 Å². The molecule has 1 aromatic rings. The first-order chi connectivity index (χ1) is 9.17. The fraction of sp³-hybridized carbons (Fsp3) is 0.467. The van der Waals surface area contributed by atoms with Crippen molar-refractivity contribution < 1.29 is 14.3 Å². The summed E-state index contributed by atoms with van der Waals surface area (Å²) in [5.41, 5.74) is 1.47. The van der Waals surface area contributed by atoms with E-state index in [-0.39, 0.29) is 17.8 Å². The summed E-state index contributed by atoms with van der Waals surface area (Å²) < 4.78 is 5.56. The fourth-order valence-corrected chi connectivity index (χ4v) is 2.49. The number of nitrogens with zero attached hydrogens (tertiary/aromatic N) is 1. The van der Waals surface area contributed by atoms with Crippen molar-refractivity contribution in [3.8, 4) is 0 Å². The summed E-state index contributed by atoms with van der Waals surface area (Å²) in [6.45, 7) is 2.71. The first kappa shape index (κ1) is 13.7. The van der Waals surface area contributed by atoms with Gasteiger partial charge in [-0.25, -0.2) is 0 Å². The molecule has 0 N–H and O–H groups in total. The van der Waals surface area contributed by atoms with Gasteiger partial charge in [-0.05, 0) is 37.1 Å². The topological polar surface area (TPSA) is 46.6 Å². The molecule has 1 amide bonds. The quantitative estimate of drug-likeness (QED) is 0.603. The highest BCUT2D eigenvalue weighted by molar-refractivity contribution is 5.98. The Morgan fingerprint density at radius 1 is 1.42 bits per heavy atom. The van der Waals surface area contributed by atoms with E-state index in [1.54, 1.807) is 31.3 Å². The predicted molar refractivity (Wildman–Crippen MR) is 73.4 cm³/mol. The lowest BCUT2D eigenvalue weighted by molar-refractivity contribution is -0.107. The van der Waals surface area contributed by atoms with E-state index in [2.05, 4.69) is 0 Å². The number of hydrogen-bond acceptors (Lipinski definition) is 3. The van der Waals surface area contributed by atoms with E-state index in [1.807, 2.05) is 6.92 Å². The van der Waals surface area contributed by atoms with Crippen LogP contribution in [-0.4, -0.2) is 32.0 Å². The predicted octanol–water partition coefficient (Wildman–Crippen LogP) is 2.28. The molecule has 1 saturated heterocycles. The van der Waals surface area contributed by atoms with Crippen LogP contribution >= 0.6 is 0 Å². The maximum atomic E-state index is 12.4. The Morgan fingerprint density at radius 3 is 2.68 bits per heavy atom. The Hall–Kier alpha value is -1.68. The number of ketones is 1. The average Bonchev–Trinajstić information content (AvgIpc) is 2.94. The monoisotopic (exact) mass is 261 g/mol. The molecule has 0 aromatic heterocycles. The number of hydrogen-bond donors (Lipinski definition) is 0. The van der Waals surface area contributed by atoms with E-state index in [4.69, 9.17) is 4.74 Å². The van der Waals surface area contributed by atoms with E-state index in [1.165, 1.54) is 4.90 Å². The van der Waals surface area contributed by atoms with Crippen LogP contribution in [0.3, 0.4) is 0 Å². The summed E-state index contributed by atoms with van der Waals surface area (Å²) >= 11 is 0. The number of amides is 1. The van der Waals surface area contributed by atoms with Gasteiger partial charge >= 0.3 is 0 Å². The van der Waals surface area contributed by atoms with Crippen molar-refractivity contribution >= 4 is 17.9 Å². The van der Waals surface area contributed by atoms with Crippen molar-refractivity contribution in [3.63, 3.8) is 0 Å². The van der Waals surface area contributed by atoms with Crippen LogP contribution in [0, 0.1) is 5.92 Å². The summed E-state index contributed by atoms with van der Waals surface area (Å²) in [7, 11) is 1.68. The number of rotatable bonds is 5. The third kappa shape index (κ3) is 2.84. The normalized spacial score (nSPS) is 22.2. The maximum absolute atomic E-state index is 12.4. The molecule has 1 aliphatic heterocycles. The highest BCUT2D eigenvalue weighted by Crippen LogP contribution is 2.27. The molecular weight excluding hydrogens is 242 g/mol. The van der Waals surface area contributed by atoms with Gasteiger partial charge in [-0.1, -0.05) is 6.92 Å². The molecular formula is C15H19NO3. The zero-order valence-corrected chi connectivity index (χ0v) is 11.3. The fourth-order valence-electron chi connectivity index (χ4n) is 2.49. The molecule has 0 bridgehead atoms. The van der Waals surface area contributed by atoms with E-state index in [0.717, 1.165) is 24.9 Å². The van der Waals surface area contributed by atoms with Crippen LogP contribution in [0.1, 0.15) is 30.1 Å². The van der Waals surface area contributed by atoms with Gasteiger partial charge in [0.25, 0.3) is 0 Å². The highest BCUT2D eigenvalue weighted by Gasteiger charge is 2.33. The summed E-state index contributed by atoms with van der Waals surface area (Å²) in [6.07, 6.45) is 2.45. The van der Waals surface area contributed by atoms with Crippen LogP contribution in [0.15, 0.2) is 24.3 Å². The second kappa shape index (κ2) is 5.97. The largest absolute Gasteiger partial charge is 0.377 e. The first-order valence-corrected chi connectivity index (χ1v) is 6.61. The molecule has 4 nitrogen and oxygen atoms in total. The minimum atomic E-state index is -0.0281. The van der Waals surface area contributed by atoms with Crippen LogP contribution < -0.4 is 4.90 Å². The van der Waals surface area contributed by atoms with Gasteiger partial charge in [-0.15, -0.1) is 0 Å². The van der Waals surface area contributed by atoms with Gasteiger partial charge in [-0.3, -0.25) is 9.59 Å².